The topological polar surface area (TPSA) is 85.4 Å². The van der Waals surface area contributed by atoms with E-state index in [0.717, 1.165) is 0 Å². The van der Waals surface area contributed by atoms with Crippen molar-refractivity contribution in [1.29, 1.82) is 0 Å². The molecule has 0 radical (unpaired) electrons. The lowest BCUT2D eigenvalue weighted by Gasteiger charge is -2.37. The van der Waals surface area contributed by atoms with Gasteiger partial charge in [0.25, 0.3) is 5.91 Å². The van der Waals surface area contributed by atoms with E-state index >= 15 is 0 Å². The van der Waals surface area contributed by atoms with E-state index in [1.807, 2.05) is 4.90 Å². The van der Waals surface area contributed by atoms with Gasteiger partial charge in [0.15, 0.2) is 0 Å². The number of esters is 1. The second kappa shape index (κ2) is 10.5. The Morgan fingerprint density at radius 2 is 1.39 bits per heavy atom. The van der Waals surface area contributed by atoms with Crippen LogP contribution in [0.5, 0.6) is 11.5 Å². The minimum absolute atomic E-state index is 0.0947. The third kappa shape index (κ3) is 5.11. The zero-order chi connectivity index (χ0) is 22.4. The van der Waals surface area contributed by atoms with E-state index in [2.05, 4.69) is 0 Å². The summed E-state index contributed by atoms with van der Waals surface area (Å²) in [7, 11) is 3.06. The van der Waals surface area contributed by atoms with Gasteiger partial charge >= 0.3 is 5.97 Å². The third-order valence-electron chi connectivity index (χ3n) is 6.20. The molecular formula is C23H32N2O6. The average molecular weight is 433 g/mol. The number of hydrogen-bond acceptors (Lipinski definition) is 6. The Labute approximate surface area is 183 Å². The van der Waals surface area contributed by atoms with Crippen molar-refractivity contribution in [1.82, 2.24) is 9.80 Å². The van der Waals surface area contributed by atoms with Crippen LogP contribution in [0.25, 0.3) is 0 Å². The Balaban J connectivity index is 1.55. The number of ether oxygens (including phenoxy) is 3. The largest absolute Gasteiger partial charge is 0.496 e. The maximum atomic E-state index is 13.1. The van der Waals surface area contributed by atoms with Gasteiger partial charge in [-0.3, -0.25) is 14.4 Å². The monoisotopic (exact) mass is 432 g/mol. The third-order valence-corrected chi connectivity index (χ3v) is 6.20. The number of carbonyl (C=O) groups excluding carboxylic acids is 3. The minimum atomic E-state index is -0.159. The van der Waals surface area contributed by atoms with Crippen molar-refractivity contribution in [2.24, 2.45) is 11.8 Å². The lowest BCUT2D eigenvalue weighted by atomic mass is 9.92. The van der Waals surface area contributed by atoms with E-state index in [0.29, 0.717) is 75.5 Å². The lowest BCUT2D eigenvalue weighted by Crippen LogP contribution is -2.47. The van der Waals surface area contributed by atoms with E-state index in [-0.39, 0.29) is 29.6 Å². The molecule has 8 nitrogen and oxygen atoms in total. The average Bonchev–Trinajstić information content (AvgIpc) is 2.82. The Bertz CT molecular complexity index is 773. The molecule has 0 saturated carbocycles. The van der Waals surface area contributed by atoms with Crippen LogP contribution in [0, 0.1) is 11.8 Å². The molecule has 0 N–H and O–H groups in total. The molecule has 0 spiro atoms. The Kier molecular flexibility index (Phi) is 7.76. The van der Waals surface area contributed by atoms with Crippen molar-refractivity contribution in [3.05, 3.63) is 23.8 Å². The van der Waals surface area contributed by atoms with Gasteiger partial charge < -0.3 is 24.0 Å². The van der Waals surface area contributed by atoms with Gasteiger partial charge in [-0.2, -0.15) is 0 Å². The van der Waals surface area contributed by atoms with E-state index in [9.17, 15) is 14.4 Å². The first-order chi connectivity index (χ1) is 15.0. The molecule has 31 heavy (non-hydrogen) atoms. The summed E-state index contributed by atoms with van der Waals surface area (Å²) in [4.78, 5) is 41.6. The Morgan fingerprint density at radius 3 is 1.90 bits per heavy atom. The summed E-state index contributed by atoms with van der Waals surface area (Å²) >= 11 is 0. The Hall–Kier alpha value is -2.77. The van der Waals surface area contributed by atoms with Crippen molar-refractivity contribution in [2.45, 2.75) is 32.6 Å². The van der Waals surface area contributed by atoms with Crippen molar-refractivity contribution < 1.29 is 28.6 Å². The molecule has 1 aromatic carbocycles. The fourth-order valence-corrected chi connectivity index (χ4v) is 4.40. The van der Waals surface area contributed by atoms with Gasteiger partial charge in [-0.25, -0.2) is 0 Å². The first kappa shape index (κ1) is 22.9. The van der Waals surface area contributed by atoms with E-state index in [4.69, 9.17) is 14.2 Å². The van der Waals surface area contributed by atoms with Crippen LogP contribution in [-0.4, -0.2) is 74.6 Å². The van der Waals surface area contributed by atoms with E-state index in [1.165, 1.54) is 14.2 Å². The molecule has 2 heterocycles. The standard InChI is InChI=1S/C23H32N2O6/c1-4-31-23(28)17-10-14-24(15-11-17)21(26)16-8-12-25(13-9-16)22(27)20-18(29-2)6-5-7-19(20)30-3/h5-7,16-17H,4,8-15H2,1-3H3. The quantitative estimate of drug-likeness (QED) is 0.642. The van der Waals surface area contributed by atoms with Gasteiger partial charge in [0.05, 0.1) is 26.7 Å². The predicted molar refractivity (Wildman–Crippen MR) is 114 cm³/mol. The maximum Gasteiger partial charge on any atom is 0.309 e. The van der Waals surface area contributed by atoms with Gasteiger partial charge in [-0.05, 0) is 44.7 Å². The molecule has 3 rings (SSSR count). The van der Waals surface area contributed by atoms with Crippen LogP contribution in [0.3, 0.4) is 0 Å². The van der Waals surface area contributed by atoms with Crippen molar-refractivity contribution in [3.63, 3.8) is 0 Å². The summed E-state index contributed by atoms with van der Waals surface area (Å²) in [5, 5.41) is 0. The highest BCUT2D eigenvalue weighted by atomic mass is 16.5. The summed E-state index contributed by atoms with van der Waals surface area (Å²) in [6.07, 6.45) is 2.55. The zero-order valence-electron chi connectivity index (χ0n) is 18.6. The maximum absolute atomic E-state index is 13.1. The van der Waals surface area contributed by atoms with Gasteiger partial charge in [-0.1, -0.05) is 6.07 Å². The molecule has 170 valence electrons. The number of likely N-dealkylation sites (tertiary alicyclic amines) is 2. The molecule has 0 unspecified atom stereocenters. The van der Waals surface area contributed by atoms with E-state index < -0.39 is 0 Å². The first-order valence-electron chi connectivity index (χ1n) is 11.0. The second-order valence-corrected chi connectivity index (χ2v) is 7.96. The number of nitrogens with zero attached hydrogens (tertiary/aromatic N) is 2. The van der Waals surface area contributed by atoms with Gasteiger partial charge in [-0.15, -0.1) is 0 Å². The number of carbonyl (C=O) groups is 3. The first-order valence-corrected chi connectivity index (χ1v) is 11.0. The molecule has 0 atom stereocenters. The molecule has 0 bridgehead atoms. The number of hydrogen-bond donors (Lipinski definition) is 0. The predicted octanol–water partition coefficient (Wildman–Crippen LogP) is 2.36. The van der Waals surface area contributed by atoms with Gasteiger partial charge in [0.2, 0.25) is 5.91 Å². The van der Waals surface area contributed by atoms with Crippen molar-refractivity contribution in [3.8, 4) is 11.5 Å². The van der Waals surface area contributed by atoms with Gasteiger partial charge in [0, 0.05) is 32.1 Å². The van der Waals surface area contributed by atoms with Crippen LogP contribution in [-0.2, 0) is 14.3 Å². The molecule has 0 aliphatic carbocycles. The van der Waals surface area contributed by atoms with Crippen LogP contribution >= 0.6 is 0 Å². The molecule has 8 heteroatoms. The molecular weight excluding hydrogens is 400 g/mol. The molecule has 2 fully saturated rings. The van der Waals surface area contributed by atoms with Crippen molar-refractivity contribution in [2.75, 3.05) is 47.0 Å². The normalized spacial score (nSPS) is 17.9. The van der Waals surface area contributed by atoms with Crippen LogP contribution in [0.15, 0.2) is 18.2 Å². The summed E-state index contributed by atoms with van der Waals surface area (Å²) in [6.45, 7) is 4.37. The summed E-state index contributed by atoms with van der Waals surface area (Å²) in [5.74, 6) is 0.578. The van der Waals surface area contributed by atoms with Crippen LogP contribution < -0.4 is 9.47 Å². The van der Waals surface area contributed by atoms with Crippen LogP contribution in [0.1, 0.15) is 43.0 Å². The zero-order valence-corrected chi connectivity index (χ0v) is 18.6. The highest BCUT2D eigenvalue weighted by Gasteiger charge is 2.35. The molecule has 2 saturated heterocycles. The highest BCUT2D eigenvalue weighted by molar-refractivity contribution is 6.00. The Morgan fingerprint density at radius 1 is 0.871 bits per heavy atom. The van der Waals surface area contributed by atoms with Gasteiger partial charge in [0.1, 0.15) is 17.1 Å². The minimum Gasteiger partial charge on any atom is -0.496 e. The molecule has 2 aliphatic rings. The van der Waals surface area contributed by atoms with E-state index in [1.54, 1.807) is 30.0 Å². The number of rotatable bonds is 6. The molecule has 1 aromatic rings. The lowest BCUT2D eigenvalue weighted by molar-refractivity contribution is -0.152. The number of piperidine rings is 2. The fourth-order valence-electron chi connectivity index (χ4n) is 4.40. The summed E-state index contributed by atoms with van der Waals surface area (Å²) in [5.41, 5.74) is 0.415. The second-order valence-electron chi connectivity index (χ2n) is 7.96. The summed E-state index contributed by atoms with van der Waals surface area (Å²) in [6, 6.07) is 5.27. The number of methoxy groups -OCH3 is 2. The smallest absolute Gasteiger partial charge is 0.309 e. The van der Waals surface area contributed by atoms with Crippen LogP contribution in [0.2, 0.25) is 0 Å². The molecule has 2 amide bonds. The number of benzene rings is 1. The van der Waals surface area contributed by atoms with Crippen LogP contribution in [0.4, 0.5) is 0 Å². The molecule has 2 aliphatic heterocycles. The fraction of sp³-hybridized carbons (Fsp3) is 0.609. The van der Waals surface area contributed by atoms with Crippen molar-refractivity contribution >= 4 is 17.8 Å². The number of amides is 2. The molecule has 0 aromatic heterocycles. The SMILES string of the molecule is CCOC(=O)C1CCN(C(=O)C2CCN(C(=O)c3c(OC)cccc3OC)CC2)CC1. The summed E-state index contributed by atoms with van der Waals surface area (Å²) < 4.78 is 15.8. The highest BCUT2D eigenvalue weighted by Crippen LogP contribution is 2.31.